The van der Waals surface area contributed by atoms with Crippen molar-refractivity contribution in [2.75, 3.05) is 11.9 Å². The van der Waals surface area contributed by atoms with Gasteiger partial charge in [0.15, 0.2) is 5.78 Å². The number of hydrogen-bond donors (Lipinski definition) is 3. The lowest BCUT2D eigenvalue weighted by Crippen LogP contribution is -2.47. The summed E-state index contributed by atoms with van der Waals surface area (Å²) in [6, 6.07) is 5.73. The first kappa shape index (κ1) is 15.0. The SMILES string of the molecule is CC(=O)c1cccc(NC(=O)NC2CCCCNC2=O)c1. The number of nitrogens with one attached hydrogen (secondary N) is 3. The van der Waals surface area contributed by atoms with E-state index in [0.717, 1.165) is 12.8 Å². The lowest BCUT2D eigenvalue weighted by molar-refractivity contribution is -0.122. The zero-order valence-corrected chi connectivity index (χ0v) is 11.9. The van der Waals surface area contributed by atoms with Crippen LogP contribution in [0.3, 0.4) is 0 Å². The van der Waals surface area contributed by atoms with Gasteiger partial charge in [-0.15, -0.1) is 0 Å². The highest BCUT2D eigenvalue weighted by atomic mass is 16.2. The van der Waals surface area contributed by atoms with Gasteiger partial charge in [-0.3, -0.25) is 9.59 Å². The molecule has 1 aromatic rings. The Morgan fingerprint density at radius 1 is 1.29 bits per heavy atom. The van der Waals surface area contributed by atoms with Crippen molar-refractivity contribution < 1.29 is 14.4 Å². The van der Waals surface area contributed by atoms with E-state index in [1.54, 1.807) is 24.3 Å². The second-order valence-electron chi connectivity index (χ2n) is 5.07. The monoisotopic (exact) mass is 289 g/mol. The molecule has 1 aliphatic rings. The zero-order chi connectivity index (χ0) is 15.2. The lowest BCUT2D eigenvalue weighted by Gasteiger charge is -2.16. The number of urea groups is 1. The highest BCUT2D eigenvalue weighted by molar-refractivity contribution is 5.97. The lowest BCUT2D eigenvalue weighted by atomic mass is 10.1. The molecule has 0 radical (unpaired) electrons. The molecule has 21 heavy (non-hydrogen) atoms. The Balaban J connectivity index is 1.96. The molecule has 1 aliphatic heterocycles. The van der Waals surface area contributed by atoms with Gasteiger partial charge in [0, 0.05) is 17.8 Å². The fourth-order valence-electron chi connectivity index (χ4n) is 2.22. The summed E-state index contributed by atoms with van der Waals surface area (Å²) < 4.78 is 0. The van der Waals surface area contributed by atoms with Gasteiger partial charge in [-0.1, -0.05) is 12.1 Å². The summed E-state index contributed by atoms with van der Waals surface area (Å²) in [6.45, 7) is 2.12. The molecule has 0 spiro atoms. The van der Waals surface area contributed by atoms with E-state index in [2.05, 4.69) is 16.0 Å². The first-order valence-corrected chi connectivity index (χ1v) is 7.02. The average Bonchev–Trinajstić information content (AvgIpc) is 2.64. The number of Topliss-reactive ketones (excluding diaryl/α,β-unsaturated/α-hetero) is 1. The quantitative estimate of drug-likeness (QED) is 0.740. The van der Waals surface area contributed by atoms with Crippen molar-refractivity contribution in [3.8, 4) is 0 Å². The molecule has 112 valence electrons. The van der Waals surface area contributed by atoms with Crippen LogP contribution in [0.1, 0.15) is 36.5 Å². The largest absolute Gasteiger partial charge is 0.354 e. The maximum atomic E-state index is 11.9. The van der Waals surface area contributed by atoms with Gasteiger partial charge in [0.2, 0.25) is 5.91 Å². The Morgan fingerprint density at radius 3 is 2.86 bits per heavy atom. The van der Waals surface area contributed by atoms with Crippen LogP contribution in [0.5, 0.6) is 0 Å². The Kier molecular flexibility index (Phi) is 4.92. The predicted octanol–water partition coefficient (Wildman–Crippen LogP) is 1.68. The van der Waals surface area contributed by atoms with Crippen LogP contribution in [0.15, 0.2) is 24.3 Å². The second-order valence-corrected chi connectivity index (χ2v) is 5.07. The standard InChI is InChI=1S/C15H19N3O3/c1-10(19)11-5-4-6-12(9-11)17-15(21)18-13-7-2-3-8-16-14(13)20/h4-6,9,13H,2-3,7-8H2,1H3,(H,16,20)(H2,17,18,21). The summed E-state index contributed by atoms with van der Waals surface area (Å²) >= 11 is 0. The molecule has 1 fully saturated rings. The zero-order valence-electron chi connectivity index (χ0n) is 11.9. The molecule has 3 amide bonds. The molecule has 3 N–H and O–H groups in total. The highest BCUT2D eigenvalue weighted by Gasteiger charge is 2.22. The van der Waals surface area contributed by atoms with Crippen molar-refractivity contribution in [1.29, 1.82) is 0 Å². The smallest absolute Gasteiger partial charge is 0.319 e. The van der Waals surface area contributed by atoms with E-state index in [4.69, 9.17) is 0 Å². The maximum Gasteiger partial charge on any atom is 0.319 e. The third-order valence-electron chi connectivity index (χ3n) is 3.37. The molecule has 1 saturated heterocycles. The minimum atomic E-state index is -0.511. The molecule has 0 bridgehead atoms. The van der Waals surface area contributed by atoms with Crippen molar-refractivity contribution in [3.05, 3.63) is 29.8 Å². The number of benzene rings is 1. The van der Waals surface area contributed by atoms with E-state index < -0.39 is 12.1 Å². The van der Waals surface area contributed by atoms with Gasteiger partial charge >= 0.3 is 6.03 Å². The van der Waals surface area contributed by atoms with Crippen LogP contribution >= 0.6 is 0 Å². The molecule has 1 unspecified atom stereocenters. The van der Waals surface area contributed by atoms with Crippen LogP contribution in [0.2, 0.25) is 0 Å². The van der Waals surface area contributed by atoms with Gasteiger partial charge in [-0.2, -0.15) is 0 Å². The normalized spacial score (nSPS) is 18.3. The summed E-state index contributed by atoms with van der Waals surface area (Å²) in [6.07, 6.45) is 2.45. The molecular formula is C15H19N3O3. The third kappa shape index (κ3) is 4.30. The van der Waals surface area contributed by atoms with Crippen LogP contribution in [-0.2, 0) is 4.79 Å². The second kappa shape index (κ2) is 6.88. The van der Waals surface area contributed by atoms with E-state index in [1.807, 2.05) is 0 Å². The van der Waals surface area contributed by atoms with Crippen LogP contribution in [0, 0.1) is 0 Å². The molecule has 0 aliphatic carbocycles. The molecule has 1 aromatic carbocycles. The summed E-state index contributed by atoms with van der Waals surface area (Å²) in [5.41, 5.74) is 1.05. The number of carbonyl (C=O) groups is 3. The summed E-state index contributed by atoms with van der Waals surface area (Å²) in [4.78, 5) is 35.0. The molecule has 2 rings (SSSR count). The fourth-order valence-corrected chi connectivity index (χ4v) is 2.22. The van der Waals surface area contributed by atoms with E-state index in [9.17, 15) is 14.4 Å². The van der Waals surface area contributed by atoms with Crippen LogP contribution in [0.25, 0.3) is 0 Å². The number of ketones is 1. The topological polar surface area (TPSA) is 87.3 Å². The van der Waals surface area contributed by atoms with Crippen molar-refractivity contribution in [1.82, 2.24) is 10.6 Å². The number of anilines is 1. The van der Waals surface area contributed by atoms with E-state index in [0.29, 0.717) is 24.2 Å². The first-order valence-electron chi connectivity index (χ1n) is 7.02. The Morgan fingerprint density at radius 2 is 2.10 bits per heavy atom. The molecular weight excluding hydrogens is 270 g/mol. The number of rotatable bonds is 3. The van der Waals surface area contributed by atoms with Crippen molar-refractivity contribution in [2.45, 2.75) is 32.2 Å². The Hall–Kier alpha value is -2.37. The van der Waals surface area contributed by atoms with E-state index >= 15 is 0 Å². The number of hydrogen-bond acceptors (Lipinski definition) is 3. The molecule has 0 aromatic heterocycles. The predicted molar refractivity (Wildman–Crippen MR) is 79.2 cm³/mol. The summed E-state index contributed by atoms with van der Waals surface area (Å²) in [5.74, 6) is -0.220. The number of amides is 3. The average molecular weight is 289 g/mol. The fraction of sp³-hybridized carbons (Fsp3) is 0.400. The van der Waals surface area contributed by atoms with E-state index in [1.165, 1.54) is 6.92 Å². The first-order chi connectivity index (χ1) is 10.1. The van der Waals surface area contributed by atoms with E-state index in [-0.39, 0.29) is 11.7 Å². The van der Waals surface area contributed by atoms with Crippen molar-refractivity contribution in [2.24, 2.45) is 0 Å². The van der Waals surface area contributed by atoms with Crippen LogP contribution in [-0.4, -0.2) is 30.3 Å². The van der Waals surface area contributed by atoms with Crippen LogP contribution in [0.4, 0.5) is 10.5 Å². The molecule has 1 heterocycles. The Labute approximate surface area is 123 Å². The van der Waals surface area contributed by atoms with Gasteiger partial charge in [-0.25, -0.2) is 4.79 Å². The van der Waals surface area contributed by atoms with Gasteiger partial charge < -0.3 is 16.0 Å². The van der Waals surface area contributed by atoms with Gasteiger partial charge in [0.25, 0.3) is 0 Å². The minimum Gasteiger partial charge on any atom is -0.354 e. The summed E-state index contributed by atoms with van der Waals surface area (Å²) in [7, 11) is 0. The molecule has 6 nitrogen and oxygen atoms in total. The third-order valence-corrected chi connectivity index (χ3v) is 3.37. The van der Waals surface area contributed by atoms with Crippen molar-refractivity contribution >= 4 is 23.4 Å². The highest BCUT2D eigenvalue weighted by Crippen LogP contribution is 2.11. The van der Waals surface area contributed by atoms with Gasteiger partial charge in [0.1, 0.15) is 6.04 Å². The molecule has 6 heteroatoms. The minimum absolute atomic E-state index is 0.0674. The van der Waals surface area contributed by atoms with Gasteiger partial charge in [-0.05, 0) is 38.3 Å². The van der Waals surface area contributed by atoms with Crippen molar-refractivity contribution in [3.63, 3.8) is 0 Å². The summed E-state index contributed by atoms with van der Waals surface area (Å²) in [5, 5.41) is 8.06. The van der Waals surface area contributed by atoms with Gasteiger partial charge in [0.05, 0.1) is 0 Å². The maximum absolute atomic E-state index is 11.9. The molecule has 1 atom stereocenters. The Bertz CT molecular complexity index is 557. The van der Waals surface area contributed by atoms with Crippen LogP contribution < -0.4 is 16.0 Å². The number of carbonyl (C=O) groups excluding carboxylic acids is 3. The molecule has 0 saturated carbocycles.